The van der Waals surface area contributed by atoms with Crippen LogP contribution in [0.1, 0.15) is 55.6 Å². The van der Waals surface area contributed by atoms with Crippen LogP contribution in [-0.4, -0.2) is 48.2 Å². The number of nitrogens with zero attached hydrogens (tertiary/aromatic N) is 3. The van der Waals surface area contributed by atoms with Crippen molar-refractivity contribution in [3.8, 4) is 22.5 Å². The molecule has 0 bridgehead atoms. The first-order valence-electron chi connectivity index (χ1n) is 12.4. The van der Waals surface area contributed by atoms with Gasteiger partial charge < -0.3 is 11.1 Å². The number of hydrogen-bond acceptors (Lipinski definition) is 7. The third kappa shape index (κ3) is 5.30. The summed E-state index contributed by atoms with van der Waals surface area (Å²) in [6.07, 6.45) is 6.81. The lowest BCUT2D eigenvalue weighted by Gasteiger charge is -2.26. The number of aryl methyl sites for hydroxylation is 1. The highest BCUT2D eigenvalue weighted by molar-refractivity contribution is 7.89. The molecule has 1 aromatic heterocycles. The quantitative estimate of drug-likeness (QED) is 0.393. The smallest absolute Gasteiger partial charge is 0.239 e. The van der Waals surface area contributed by atoms with Crippen LogP contribution < -0.4 is 16.2 Å². The van der Waals surface area contributed by atoms with Gasteiger partial charge in [-0.2, -0.15) is 5.21 Å². The molecule has 1 aliphatic carbocycles. The molecule has 2 heterocycles. The number of primary sulfonamides is 1. The zero-order valence-corrected chi connectivity index (χ0v) is 20.6. The summed E-state index contributed by atoms with van der Waals surface area (Å²) in [6.45, 7) is 2.01. The van der Waals surface area contributed by atoms with E-state index in [9.17, 15) is 8.42 Å². The molecular weight excluding hydrogens is 462 g/mol. The molecule has 35 heavy (non-hydrogen) atoms. The van der Waals surface area contributed by atoms with Crippen LogP contribution in [-0.2, 0) is 16.4 Å². The van der Waals surface area contributed by atoms with Gasteiger partial charge in [0.2, 0.25) is 15.8 Å². The van der Waals surface area contributed by atoms with Gasteiger partial charge >= 0.3 is 0 Å². The normalized spacial score (nSPS) is 23.0. The second-order valence-corrected chi connectivity index (χ2v) is 11.4. The van der Waals surface area contributed by atoms with E-state index in [0.717, 1.165) is 62.7 Å². The Kier molecular flexibility index (Phi) is 6.97. The van der Waals surface area contributed by atoms with E-state index >= 15 is 0 Å². The standard InChI is InChI=1S/C25H33N7O2S/c26-21-10-2-16(3-11-21)1-4-19-9-12-22(18-7-5-17(6-8-18)20-13-14-28-15-20)23(24(19)35(27,33)34)25-29-31-32-30-25/h5-9,12,16,20-21,28H,1-4,10-11,13-15,26H2,(H2,27,33,34)(H,29,30,31,32). The Bertz CT molecular complexity index is 1250. The van der Waals surface area contributed by atoms with E-state index in [1.807, 2.05) is 24.3 Å². The van der Waals surface area contributed by atoms with Gasteiger partial charge in [-0.25, -0.2) is 13.6 Å². The molecule has 2 fully saturated rings. The first-order chi connectivity index (χ1) is 16.9. The Hall–Kier alpha value is -2.66. The van der Waals surface area contributed by atoms with Crippen LogP contribution in [0.25, 0.3) is 22.5 Å². The molecule has 0 spiro atoms. The van der Waals surface area contributed by atoms with Crippen molar-refractivity contribution in [3.63, 3.8) is 0 Å². The van der Waals surface area contributed by atoms with Crippen molar-refractivity contribution in [2.45, 2.75) is 61.8 Å². The molecule has 10 heteroatoms. The zero-order valence-electron chi connectivity index (χ0n) is 19.8. The highest BCUT2D eigenvalue weighted by atomic mass is 32.2. The summed E-state index contributed by atoms with van der Waals surface area (Å²) >= 11 is 0. The molecule has 3 aromatic rings. The molecule has 6 N–H and O–H groups in total. The summed E-state index contributed by atoms with van der Waals surface area (Å²) in [5.41, 5.74) is 10.0. The van der Waals surface area contributed by atoms with Gasteiger partial charge in [0, 0.05) is 12.6 Å². The largest absolute Gasteiger partial charge is 0.328 e. The number of H-pyrrole nitrogens is 1. The minimum atomic E-state index is -4.05. The number of aromatic amines is 1. The van der Waals surface area contributed by atoms with Gasteiger partial charge in [-0.1, -0.05) is 36.4 Å². The molecule has 1 unspecified atom stereocenters. The third-order valence-electron chi connectivity index (χ3n) is 7.56. The van der Waals surface area contributed by atoms with Gasteiger partial charge in [0.05, 0.1) is 10.5 Å². The molecule has 9 nitrogen and oxygen atoms in total. The van der Waals surface area contributed by atoms with Crippen molar-refractivity contribution >= 4 is 10.0 Å². The van der Waals surface area contributed by atoms with Gasteiger partial charge in [0.25, 0.3) is 0 Å². The maximum Gasteiger partial charge on any atom is 0.239 e. The second-order valence-electron chi connectivity index (χ2n) is 9.89. The lowest BCUT2D eigenvalue weighted by atomic mass is 9.83. The van der Waals surface area contributed by atoms with Gasteiger partial charge in [-0.05, 0) is 90.8 Å². The van der Waals surface area contributed by atoms with E-state index in [1.165, 1.54) is 5.56 Å². The first kappa shape index (κ1) is 24.1. The molecular formula is C25H33N7O2S. The van der Waals surface area contributed by atoms with E-state index in [-0.39, 0.29) is 16.8 Å². The fourth-order valence-electron chi connectivity index (χ4n) is 5.59. The molecule has 0 amide bonds. The monoisotopic (exact) mass is 495 g/mol. The highest BCUT2D eigenvalue weighted by Crippen LogP contribution is 2.39. The van der Waals surface area contributed by atoms with E-state index in [2.05, 4.69) is 38.1 Å². The SMILES string of the molecule is NC1CCC(CCc2ccc(-c3ccc(C4CCNC4)cc3)c(-c3nn[nH]n3)c2S(N)(=O)=O)CC1. The number of tetrazole rings is 1. The average molecular weight is 496 g/mol. The van der Waals surface area contributed by atoms with E-state index < -0.39 is 10.0 Å². The second kappa shape index (κ2) is 10.1. The van der Waals surface area contributed by atoms with Crippen LogP contribution in [0.5, 0.6) is 0 Å². The maximum atomic E-state index is 12.9. The van der Waals surface area contributed by atoms with Crippen molar-refractivity contribution in [1.82, 2.24) is 25.9 Å². The summed E-state index contributed by atoms with van der Waals surface area (Å²) in [5, 5.41) is 23.6. The zero-order chi connectivity index (χ0) is 24.4. The van der Waals surface area contributed by atoms with Crippen molar-refractivity contribution < 1.29 is 8.42 Å². The van der Waals surface area contributed by atoms with Crippen molar-refractivity contribution in [2.75, 3.05) is 13.1 Å². The van der Waals surface area contributed by atoms with Crippen LogP contribution >= 0.6 is 0 Å². The van der Waals surface area contributed by atoms with Crippen LogP contribution in [0.15, 0.2) is 41.3 Å². The Morgan fingerprint density at radius 1 is 1.00 bits per heavy atom. The highest BCUT2D eigenvalue weighted by Gasteiger charge is 2.27. The molecule has 2 aromatic carbocycles. The Morgan fingerprint density at radius 3 is 2.40 bits per heavy atom. The van der Waals surface area contributed by atoms with Gasteiger partial charge in [0.15, 0.2) is 0 Å². The van der Waals surface area contributed by atoms with Gasteiger partial charge in [-0.15, -0.1) is 10.2 Å². The van der Waals surface area contributed by atoms with Crippen LogP contribution in [0.2, 0.25) is 0 Å². The molecule has 1 atom stereocenters. The molecule has 5 rings (SSSR count). The predicted molar refractivity (Wildman–Crippen MR) is 135 cm³/mol. The summed E-state index contributed by atoms with van der Waals surface area (Å²) < 4.78 is 25.9. The number of sulfonamides is 1. The Balaban J connectivity index is 1.54. The molecule has 1 saturated heterocycles. The van der Waals surface area contributed by atoms with Crippen molar-refractivity contribution in [3.05, 3.63) is 47.5 Å². The van der Waals surface area contributed by atoms with Crippen molar-refractivity contribution in [1.29, 1.82) is 0 Å². The topological polar surface area (TPSA) is 153 Å². The number of rotatable bonds is 7. The molecule has 2 aliphatic rings. The first-order valence-corrected chi connectivity index (χ1v) is 13.9. The number of hydrogen-bond donors (Lipinski definition) is 4. The number of benzene rings is 2. The minimum Gasteiger partial charge on any atom is -0.328 e. The van der Waals surface area contributed by atoms with Crippen LogP contribution in [0, 0.1) is 5.92 Å². The maximum absolute atomic E-state index is 12.9. The molecule has 0 radical (unpaired) electrons. The fraction of sp³-hybridized carbons (Fsp3) is 0.480. The van der Waals surface area contributed by atoms with Crippen LogP contribution in [0.4, 0.5) is 0 Å². The van der Waals surface area contributed by atoms with Gasteiger partial charge in [-0.3, -0.25) is 0 Å². The average Bonchev–Trinajstić information content (AvgIpc) is 3.57. The summed E-state index contributed by atoms with van der Waals surface area (Å²) in [7, 11) is -4.05. The molecule has 1 saturated carbocycles. The molecule has 186 valence electrons. The third-order valence-corrected chi connectivity index (χ3v) is 8.59. The lowest BCUT2D eigenvalue weighted by Crippen LogP contribution is -2.26. The minimum absolute atomic E-state index is 0.0907. The fourth-order valence-corrected chi connectivity index (χ4v) is 6.61. The van der Waals surface area contributed by atoms with E-state index in [0.29, 0.717) is 29.4 Å². The van der Waals surface area contributed by atoms with E-state index in [4.69, 9.17) is 10.9 Å². The Labute approximate surface area is 206 Å². The lowest BCUT2D eigenvalue weighted by molar-refractivity contribution is 0.310. The van der Waals surface area contributed by atoms with E-state index in [1.54, 1.807) is 0 Å². The number of nitrogens with two attached hydrogens (primary N) is 2. The predicted octanol–water partition coefficient (Wildman–Crippen LogP) is 2.71. The Morgan fingerprint density at radius 2 is 1.77 bits per heavy atom. The molecule has 1 aliphatic heterocycles. The number of aromatic nitrogens is 4. The van der Waals surface area contributed by atoms with Crippen LogP contribution in [0.3, 0.4) is 0 Å². The summed E-state index contributed by atoms with van der Waals surface area (Å²) in [6, 6.07) is 12.4. The van der Waals surface area contributed by atoms with Crippen molar-refractivity contribution in [2.24, 2.45) is 16.8 Å². The number of nitrogens with one attached hydrogen (secondary N) is 2. The summed E-state index contributed by atoms with van der Waals surface area (Å²) in [4.78, 5) is 0.0907. The van der Waals surface area contributed by atoms with Gasteiger partial charge in [0.1, 0.15) is 0 Å². The summed E-state index contributed by atoms with van der Waals surface area (Å²) in [5.74, 6) is 1.25.